The van der Waals surface area contributed by atoms with Gasteiger partial charge in [0, 0.05) is 24.2 Å². The second-order valence-electron chi connectivity index (χ2n) is 3.84. The number of hydrogen-bond acceptors (Lipinski definition) is 5. The van der Waals surface area contributed by atoms with E-state index in [9.17, 15) is 9.18 Å². The topological polar surface area (TPSA) is 134 Å². The van der Waals surface area contributed by atoms with Gasteiger partial charge < -0.3 is 27.1 Å². The lowest BCUT2D eigenvalue weighted by Crippen LogP contribution is -2.37. The molecule has 1 unspecified atom stereocenters. The summed E-state index contributed by atoms with van der Waals surface area (Å²) in [7, 11) is 0. The van der Waals surface area contributed by atoms with Gasteiger partial charge in [0.15, 0.2) is 5.84 Å². The number of nitrogens with one attached hydrogen (secondary N) is 1. The van der Waals surface area contributed by atoms with Gasteiger partial charge in [0.2, 0.25) is 5.91 Å². The Bertz CT molecular complexity index is 493. The molecular formula is C11H15FN4O3. The highest BCUT2D eigenvalue weighted by atomic mass is 19.1. The molecule has 1 aromatic carbocycles. The van der Waals surface area contributed by atoms with Crippen LogP contribution in [0.25, 0.3) is 0 Å². The molecule has 1 amide bonds. The maximum absolute atomic E-state index is 13.6. The molecule has 1 rings (SSSR count). The molecule has 104 valence electrons. The zero-order valence-electron chi connectivity index (χ0n) is 10.0. The normalized spacial score (nSPS) is 13.3. The van der Waals surface area contributed by atoms with Crippen molar-refractivity contribution in [3.8, 4) is 0 Å². The fourth-order valence-electron chi connectivity index (χ4n) is 1.35. The first-order chi connectivity index (χ1) is 8.95. The number of aliphatic hydroxyl groups excluding tert-OH is 1. The molecule has 0 saturated carbocycles. The third kappa shape index (κ3) is 4.19. The number of amides is 1. The summed E-state index contributed by atoms with van der Waals surface area (Å²) in [5.74, 6) is -1.59. The van der Waals surface area contributed by atoms with Crippen LogP contribution in [0.5, 0.6) is 0 Å². The van der Waals surface area contributed by atoms with E-state index in [0.29, 0.717) is 5.56 Å². The number of primary amides is 1. The van der Waals surface area contributed by atoms with Gasteiger partial charge in [0.05, 0.1) is 0 Å². The van der Waals surface area contributed by atoms with Crippen LogP contribution in [0.3, 0.4) is 0 Å². The van der Waals surface area contributed by atoms with Gasteiger partial charge >= 0.3 is 0 Å². The zero-order chi connectivity index (χ0) is 14.4. The standard InChI is InChI=1S/C11H15FN4O3/c12-8-3-6(10(13)16-19)1-2-7(8)4-15-5-9(17)11(14)18/h1-3,9,15,17,19H,4-5H2,(H2,13,16)(H2,14,18). The predicted molar refractivity (Wildman–Crippen MR) is 65.8 cm³/mol. The largest absolute Gasteiger partial charge is 0.409 e. The summed E-state index contributed by atoms with van der Waals surface area (Å²) >= 11 is 0. The van der Waals surface area contributed by atoms with E-state index in [4.69, 9.17) is 21.8 Å². The summed E-state index contributed by atoms with van der Waals surface area (Å²) in [6.45, 7) is 0.0311. The number of aliphatic hydroxyl groups is 1. The average molecular weight is 270 g/mol. The highest BCUT2D eigenvalue weighted by Crippen LogP contribution is 2.10. The number of carbonyl (C=O) groups excluding carboxylic acids is 1. The van der Waals surface area contributed by atoms with Crippen molar-refractivity contribution in [2.45, 2.75) is 12.6 Å². The molecule has 0 spiro atoms. The maximum atomic E-state index is 13.6. The molecule has 1 aromatic rings. The minimum atomic E-state index is -1.32. The number of hydrogen-bond donors (Lipinski definition) is 5. The van der Waals surface area contributed by atoms with Gasteiger partial charge in [-0.15, -0.1) is 0 Å². The van der Waals surface area contributed by atoms with E-state index in [0.717, 1.165) is 6.07 Å². The van der Waals surface area contributed by atoms with Gasteiger partial charge in [-0.1, -0.05) is 17.3 Å². The summed E-state index contributed by atoms with van der Waals surface area (Å²) < 4.78 is 13.6. The van der Waals surface area contributed by atoms with Crippen LogP contribution in [-0.4, -0.2) is 34.7 Å². The number of rotatable bonds is 6. The number of nitrogens with two attached hydrogens (primary N) is 2. The van der Waals surface area contributed by atoms with E-state index in [1.54, 1.807) is 0 Å². The second-order valence-corrected chi connectivity index (χ2v) is 3.84. The lowest BCUT2D eigenvalue weighted by molar-refractivity contribution is -0.125. The molecule has 0 aromatic heterocycles. The second kappa shape index (κ2) is 6.66. The quantitative estimate of drug-likeness (QED) is 0.193. The third-order valence-electron chi connectivity index (χ3n) is 2.44. The smallest absolute Gasteiger partial charge is 0.247 e. The highest BCUT2D eigenvalue weighted by molar-refractivity contribution is 5.97. The molecule has 0 aliphatic heterocycles. The monoisotopic (exact) mass is 270 g/mol. The number of carbonyl (C=O) groups is 1. The Balaban J connectivity index is 2.63. The molecule has 0 aliphatic rings. The van der Waals surface area contributed by atoms with Crippen molar-refractivity contribution >= 4 is 11.7 Å². The van der Waals surface area contributed by atoms with Crippen LogP contribution in [0, 0.1) is 5.82 Å². The average Bonchev–Trinajstić information content (AvgIpc) is 2.39. The Kier molecular flexibility index (Phi) is 5.22. The molecule has 1 atom stereocenters. The van der Waals surface area contributed by atoms with E-state index in [1.807, 2.05) is 0 Å². The van der Waals surface area contributed by atoms with Gasteiger partial charge in [-0.2, -0.15) is 0 Å². The molecule has 0 radical (unpaired) electrons. The van der Waals surface area contributed by atoms with Crippen molar-refractivity contribution in [3.05, 3.63) is 35.1 Å². The lowest BCUT2D eigenvalue weighted by atomic mass is 10.1. The van der Waals surface area contributed by atoms with Crippen molar-refractivity contribution in [3.63, 3.8) is 0 Å². The van der Waals surface area contributed by atoms with Crippen molar-refractivity contribution in [1.29, 1.82) is 0 Å². The van der Waals surface area contributed by atoms with E-state index in [-0.39, 0.29) is 24.5 Å². The van der Waals surface area contributed by atoms with Crippen LogP contribution in [0.4, 0.5) is 4.39 Å². The van der Waals surface area contributed by atoms with E-state index in [2.05, 4.69) is 10.5 Å². The molecule has 0 bridgehead atoms. The van der Waals surface area contributed by atoms with Crippen LogP contribution in [0.2, 0.25) is 0 Å². The Morgan fingerprint density at radius 3 is 2.68 bits per heavy atom. The van der Waals surface area contributed by atoms with Gasteiger partial charge in [-0.25, -0.2) is 4.39 Å². The molecule has 0 saturated heterocycles. The Hall–Kier alpha value is -2.19. The summed E-state index contributed by atoms with van der Waals surface area (Å²) in [4.78, 5) is 10.6. The van der Waals surface area contributed by atoms with E-state index in [1.165, 1.54) is 12.1 Å². The first-order valence-electron chi connectivity index (χ1n) is 5.40. The Labute approximate surface area is 108 Å². The Morgan fingerprint density at radius 2 is 2.16 bits per heavy atom. The summed E-state index contributed by atoms with van der Waals surface area (Å²) in [5, 5.41) is 23.0. The summed E-state index contributed by atoms with van der Waals surface area (Å²) in [6, 6.07) is 4.06. The first-order valence-corrected chi connectivity index (χ1v) is 5.40. The summed E-state index contributed by atoms with van der Waals surface area (Å²) in [5.41, 5.74) is 10.7. The van der Waals surface area contributed by atoms with E-state index < -0.39 is 17.8 Å². The molecule has 0 fully saturated rings. The van der Waals surface area contributed by atoms with Crippen molar-refractivity contribution in [2.75, 3.05) is 6.54 Å². The van der Waals surface area contributed by atoms with Gasteiger partial charge in [0.25, 0.3) is 0 Å². The molecule has 0 heterocycles. The van der Waals surface area contributed by atoms with Gasteiger partial charge in [0.1, 0.15) is 11.9 Å². The maximum Gasteiger partial charge on any atom is 0.247 e. The predicted octanol–water partition coefficient (Wildman–Crippen LogP) is -1.14. The van der Waals surface area contributed by atoms with Gasteiger partial charge in [-0.3, -0.25) is 4.79 Å². The lowest BCUT2D eigenvalue weighted by Gasteiger charge is -2.09. The van der Waals surface area contributed by atoms with Crippen LogP contribution < -0.4 is 16.8 Å². The fraction of sp³-hybridized carbons (Fsp3) is 0.273. The number of oxime groups is 1. The van der Waals surface area contributed by atoms with E-state index >= 15 is 0 Å². The van der Waals surface area contributed by atoms with Crippen LogP contribution >= 0.6 is 0 Å². The minimum Gasteiger partial charge on any atom is -0.409 e. The molecule has 0 aliphatic carbocycles. The number of halogens is 1. The van der Waals surface area contributed by atoms with Crippen molar-refractivity contribution < 1.29 is 19.5 Å². The Morgan fingerprint density at radius 1 is 1.47 bits per heavy atom. The van der Waals surface area contributed by atoms with Gasteiger partial charge in [-0.05, 0) is 6.07 Å². The number of nitrogens with zero attached hydrogens (tertiary/aromatic N) is 1. The van der Waals surface area contributed by atoms with Crippen molar-refractivity contribution in [2.24, 2.45) is 16.6 Å². The first kappa shape index (κ1) is 14.9. The van der Waals surface area contributed by atoms with Crippen LogP contribution in [0.15, 0.2) is 23.4 Å². The molecule has 19 heavy (non-hydrogen) atoms. The fourth-order valence-corrected chi connectivity index (χ4v) is 1.35. The molecule has 7 N–H and O–H groups in total. The minimum absolute atomic E-state index is 0.0727. The van der Waals surface area contributed by atoms with Crippen LogP contribution in [0.1, 0.15) is 11.1 Å². The highest BCUT2D eigenvalue weighted by Gasteiger charge is 2.11. The zero-order valence-corrected chi connectivity index (χ0v) is 10.0. The number of benzene rings is 1. The summed E-state index contributed by atoms with van der Waals surface area (Å²) in [6.07, 6.45) is -1.32. The molecule has 8 heteroatoms. The molecule has 7 nitrogen and oxygen atoms in total. The molecular weight excluding hydrogens is 255 g/mol. The number of amidine groups is 1. The SMILES string of the molecule is NC(=O)C(O)CNCc1ccc(/C(N)=N/O)cc1F. The van der Waals surface area contributed by atoms with Crippen molar-refractivity contribution in [1.82, 2.24) is 5.32 Å². The van der Waals surface area contributed by atoms with Crippen LogP contribution in [-0.2, 0) is 11.3 Å². The third-order valence-corrected chi connectivity index (χ3v) is 2.44.